The summed E-state index contributed by atoms with van der Waals surface area (Å²) in [6.45, 7) is 11.8. The highest BCUT2D eigenvalue weighted by atomic mass is 35.5. The van der Waals surface area contributed by atoms with E-state index in [2.05, 4.69) is 29.0 Å². The van der Waals surface area contributed by atoms with Crippen LogP contribution in [0.4, 0.5) is 0 Å². The van der Waals surface area contributed by atoms with E-state index in [0.29, 0.717) is 18.9 Å². The molecule has 1 heterocycles. The monoisotopic (exact) mass is 440 g/mol. The molecular formula is C19H35Cl3N4O. The van der Waals surface area contributed by atoms with Crippen molar-refractivity contribution in [3.05, 3.63) is 35.9 Å². The zero-order valence-electron chi connectivity index (χ0n) is 16.3. The molecule has 1 fully saturated rings. The molecule has 0 radical (unpaired) electrons. The molecule has 27 heavy (non-hydrogen) atoms. The number of benzene rings is 1. The van der Waals surface area contributed by atoms with Crippen molar-refractivity contribution in [3.63, 3.8) is 0 Å². The van der Waals surface area contributed by atoms with Crippen LogP contribution in [0.2, 0.25) is 0 Å². The van der Waals surface area contributed by atoms with Crippen LogP contribution >= 0.6 is 37.2 Å². The van der Waals surface area contributed by atoms with Crippen molar-refractivity contribution in [1.82, 2.24) is 15.1 Å². The number of carbonyl (C=O) groups excluding carboxylic acids is 1. The number of nitrogens with one attached hydrogen (secondary N) is 1. The number of halogens is 3. The Morgan fingerprint density at radius 3 is 2.19 bits per heavy atom. The minimum Gasteiger partial charge on any atom is -0.354 e. The Hall–Kier alpha value is -0.560. The predicted octanol–water partition coefficient (Wildman–Crippen LogP) is 2.21. The van der Waals surface area contributed by atoms with Gasteiger partial charge < -0.3 is 20.9 Å². The van der Waals surface area contributed by atoms with Crippen LogP contribution in [0.5, 0.6) is 0 Å². The lowest BCUT2D eigenvalue weighted by Crippen LogP contribution is -2.49. The van der Waals surface area contributed by atoms with E-state index >= 15 is 0 Å². The molecule has 0 aliphatic carbocycles. The number of amides is 1. The summed E-state index contributed by atoms with van der Waals surface area (Å²) < 4.78 is 0. The van der Waals surface area contributed by atoms with E-state index in [1.165, 1.54) is 0 Å². The molecule has 3 N–H and O–H groups in total. The summed E-state index contributed by atoms with van der Waals surface area (Å²) in [5.41, 5.74) is 7.12. The number of piperazine rings is 1. The first-order valence-corrected chi connectivity index (χ1v) is 9.10. The average Bonchev–Trinajstić information content (AvgIpc) is 2.61. The Balaban J connectivity index is 0. The van der Waals surface area contributed by atoms with Gasteiger partial charge in [-0.3, -0.25) is 4.79 Å². The Morgan fingerprint density at radius 2 is 1.63 bits per heavy atom. The van der Waals surface area contributed by atoms with Crippen molar-refractivity contribution in [2.24, 2.45) is 11.7 Å². The molecule has 5 nitrogen and oxygen atoms in total. The van der Waals surface area contributed by atoms with Gasteiger partial charge >= 0.3 is 0 Å². The molecule has 8 heteroatoms. The minimum atomic E-state index is -0.479. The minimum absolute atomic E-state index is 0. The highest BCUT2D eigenvalue weighted by molar-refractivity contribution is 5.86. The third-order valence-electron chi connectivity index (χ3n) is 4.74. The zero-order valence-corrected chi connectivity index (χ0v) is 18.8. The predicted molar refractivity (Wildman–Crippen MR) is 121 cm³/mol. The number of rotatable bonds is 8. The van der Waals surface area contributed by atoms with Gasteiger partial charge in [-0.05, 0) is 24.4 Å². The number of hydrogen-bond donors (Lipinski definition) is 2. The van der Waals surface area contributed by atoms with Gasteiger partial charge in [-0.2, -0.15) is 0 Å². The maximum Gasteiger partial charge on any atom is 0.237 e. The van der Waals surface area contributed by atoms with E-state index < -0.39 is 6.04 Å². The standard InChI is InChI=1S/C19H32N4O.3ClH/c1-3-22-9-11-23(12-10-22)15-16(2)14-21-19(24)18(20)13-17-7-5-4-6-8-17;;;/h4-8,16,18H,3,9-15,20H2,1-2H3,(H,21,24);3*1H. The first-order valence-electron chi connectivity index (χ1n) is 9.10. The Bertz CT molecular complexity index is 499. The van der Waals surface area contributed by atoms with Crippen LogP contribution in [0.3, 0.4) is 0 Å². The second-order valence-electron chi connectivity index (χ2n) is 6.88. The van der Waals surface area contributed by atoms with Crippen LogP contribution in [-0.4, -0.2) is 67.6 Å². The molecule has 1 saturated heterocycles. The van der Waals surface area contributed by atoms with E-state index in [0.717, 1.165) is 44.8 Å². The maximum absolute atomic E-state index is 12.2. The number of likely N-dealkylation sites (N-methyl/N-ethyl adjacent to an activating group) is 1. The highest BCUT2D eigenvalue weighted by Crippen LogP contribution is 2.06. The molecule has 1 aromatic carbocycles. The fraction of sp³-hybridized carbons (Fsp3) is 0.632. The molecule has 158 valence electrons. The van der Waals surface area contributed by atoms with Gasteiger partial charge in [0.05, 0.1) is 6.04 Å². The van der Waals surface area contributed by atoms with E-state index in [4.69, 9.17) is 5.73 Å². The fourth-order valence-electron chi connectivity index (χ4n) is 3.16. The lowest BCUT2D eigenvalue weighted by molar-refractivity contribution is -0.122. The maximum atomic E-state index is 12.2. The summed E-state index contributed by atoms with van der Waals surface area (Å²) in [5, 5.41) is 3.01. The van der Waals surface area contributed by atoms with E-state index in [1.807, 2.05) is 30.3 Å². The van der Waals surface area contributed by atoms with Crippen molar-refractivity contribution >= 4 is 43.1 Å². The van der Waals surface area contributed by atoms with Gasteiger partial charge in [-0.1, -0.05) is 44.2 Å². The third-order valence-corrected chi connectivity index (χ3v) is 4.74. The first kappa shape index (κ1) is 28.6. The average molecular weight is 442 g/mol. The number of nitrogens with two attached hydrogens (primary N) is 1. The second kappa shape index (κ2) is 15.4. The topological polar surface area (TPSA) is 61.6 Å². The van der Waals surface area contributed by atoms with Gasteiger partial charge in [0.25, 0.3) is 0 Å². The molecule has 2 atom stereocenters. The van der Waals surface area contributed by atoms with Crippen molar-refractivity contribution in [2.75, 3.05) is 45.8 Å². The SMILES string of the molecule is CCN1CCN(CC(C)CNC(=O)C(N)Cc2ccccc2)CC1.Cl.Cl.Cl. The van der Waals surface area contributed by atoms with Gasteiger partial charge in [0.15, 0.2) is 0 Å². The van der Waals surface area contributed by atoms with Gasteiger partial charge in [-0.25, -0.2) is 0 Å². The molecule has 0 saturated carbocycles. The summed E-state index contributed by atoms with van der Waals surface area (Å²) in [7, 11) is 0. The molecule has 1 aliphatic heterocycles. The number of carbonyl (C=O) groups is 1. The molecule has 2 unspecified atom stereocenters. The van der Waals surface area contributed by atoms with Crippen molar-refractivity contribution in [1.29, 1.82) is 0 Å². The Morgan fingerprint density at radius 1 is 1.07 bits per heavy atom. The Labute approximate surface area is 182 Å². The molecule has 2 rings (SSSR count). The first-order chi connectivity index (χ1) is 11.6. The van der Waals surface area contributed by atoms with Crippen LogP contribution in [0.1, 0.15) is 19.4 Å². The molecule has 1 aromatic rings. The summed E-state index contributed by atoms with van der Waals surface area (Å²) >= 11 is 0. The van der Waals surface area contributed by atoms with Gasteiger partial charge in [0, 0.05) is 39.3 Å². The molecule has 0 spiro atoms. The summed E-state index contributed by atoms with van der Waals surface area (Å²) in [6.07, 6.45) is 0.583. The van der Waals surface area contributed by atoms with E-state index in [1.54, 1.807) is 0 Å². The smallest absolute Gasteiger partial charge is 0.237 e. The summed E-state index contributed by atoms with van der Waals surface area (Å²) in [5.74, 6) is 0.382. The quantitative estimate of drug-likeness (QED) is 0.649. The van der Waals surface area contributed by atoms with Gasteiger partial charge in [-0.15, -0.1) is 37.2 Å². The van der Waals surface area contributed by atoms with Crippen LogP contribution in [0.25, 0.3) is 0 Å². The summed E-state index contributed by atoms with van der Waals surface area (Å²) in [4.78, 5) is 17.1. The van der Waals surface area contributed by atoms with Crippen LogP contribution in [-0.2, 0) is 11.2 Å². The van der Waals surface area contributed by atoms with Crippen molar-refractivity contribution in [2.45, 2.75) is 26.3 Å². The van der Waals surface area contributed by atoms with E-state index in [-0.39, 0.29) is 43.1 Å². The van der Waals surface area contributed by atoms with Crippen molar-refractivity contribution in [3.8, 4) is 0 Å². The van der Waals surface area contributed by atoms with E-state index in [9.17, 15) is 4.79 Å². The van der Waals surface area contributed by atoms with Gasteiger partial charge in [0.1, 0.15) is 0 Å². The normalized spacial score (nSPS) is 16.9. The fourth-order valence-corrected chi connectivity index (χ4v) is 3.16. The third kappa shape index (κ3) is 10.5. The van der Waals surface area contributed by atoms with Crippen LogP contribution in [0, 0.1) is 5.92 Å². The molecule has 0 bridgehead atoms. The Kier molecular flexibility index (Phi) is 16.3. The number of nitrogens with zero attached hydrogens (tertiary/aromatic N) is 2. The van der Waals surface area contributed by atoms with Gasteiger partial charge in [0.2, 0.25) is 5.91 Å². The summed E-state index contributed by atoms with van der Waals surface area (Å²) in [6, 6.07) is 9.45. The largest absolute Gasteiger partial charge is 0.354 e. The zero-order chi connectivity index (χ0) is 17.4. The van der Waals surface area contributed by atoms with Crippen LogP contribution < -0.4 is 11.1 Å². The lowest BCUT2D eigenvalue weighted by Gasteiger charge is -2.35. The van der Waals surface area contributed by atoms with Crippen molar-refractivity contribution < 1.29 is 4.79 Å². The molecule has 1 amide bonds. The van der Waals surface area contributed by atoms with Crippen LogP contribution in [0.15, 0.2) is 30.3 Å². The lowest BCUT2D eigenvalue weighted by atomic mass is 10.1. The second-order valence-corrected chi connectivity index (χ2v) is 6.88. The molecular weight excluding hydrogens is 407 g/mol. The highest BCUT2D eigenvalue weighted by Gasteiger charge is 2.19. The molecule has 1 aliphatic rings. The number of hydrogen-bond acceptors (Lipinski definition) is 4. The molecule has 0 aromatic heterocycles.